The quantitative estimate of drug-likeness (QED) is 0.317. The molecule has 7 nitrogen and oxygen atoms in total. The number of ether oxygens (including phenoxy) is 1. The third-order valence-electron chi connectivity index (χ3n) is 4.82. The highest BCUT2D eigenvalue weighted by atomic mass is 32.1. The molecule has 10 heteroatoms. The molecule has 4 aromatic rings. The van der Waals surface area contributed by atoms with E-state index in [4.69, 9.17) is 4.74 Å². The summed E-state index contributed by atoms with van der Waals surface area (Å²) < 4.78 is 18.5. The number of aromatic nitrogens is 3. The molecular weight excluding hydrogens is 475 g/mol. The van der Waals surface area contributed by atoms with E-state index in [1.807, 2.05) is 17.5 Å². The monoisotopic (exact) mass is 496 g/mol. The van der Waals surface area contributed by atoms with Crippen LogP contribution in [0, 0.1) is 12.7 Å². The molecule has 174 valence electrons. The van der Waals surface area contributed by atoms with Crippen LogP contribution in [0.4, 0.5) is 9.52 Å². The maximum atomic E-state index is 13.4. The molecule has 1 aromatic carbocycles. The van der Waals surface area contributed by atoms with Crippen molar-refractivity contribution >= 4 is 39.7 Å². The van der Waals surface area contributed by atoms with Crippen LogP contribution in [0.25, 0.3) is 10.6 Å². The molecule has 0 radical (unpaired) electrons. The van der Waals surface area contributed by atoms with Gasteiger partial charge in [-0.2, -0.15) is 0 Å². The number of halogens is 1. The highest BCUT2D eigenvalue weighted by molar-refractivity contribution is 7.17. The standard InChI is InChI=1S/C24H21FN4O3S2/c1-3-32-23(31)21-15(2)27-24(34-21)29(13-16-6-8-18(25)9-7-16)20(30)11-19-14-33-22(28-19)17-5-4-10-26-12-17/h4-10,12,14H,3,11,13H2,1-2H3. The Morgan fingerprint density at radius 1 is 1.15 bits per heavy atom. The minimum absolute atomic E-state index is 0.0469. The Labute approximate surface area is 203 Å². The second kappa shape index (κ2) is 10.6. The van der Waals surface area contributed by atoms with Gasteiger partial charge in [-0.1, -0.05) is 23.5 Å². The van der Waals surface area contributed by atoms with E-state index >= 15 is 0 Å². The molecule has 0 N–H and O–H groups in total. The first-order chi connectivity index (χ1) is 16.4. The van der Waals surface area contributed by atoms with Gasteiger partial charge >= 0.3 is 5.97 Å². The van der Waals surface area contributed by atoms with Crippen molar-refractivity contribution in [2.45, 2.75) is 26.8 Å². The lowest BCUT2D eigenvalue weighted by Gasteiger charge is -2.20. The van der Waals surface area contributed by atoms with Crippen LogP contribution in [0.3, 0.4) is 0 Å². The molecule has 0 saturated heterocycles. The van der Waals surface area contributed by atoms with E-state index in [-0.39, 0.29) is 31.3 Å². The van der Waals surface area contributed by atoms with E-state index in [1.54, 1.807) is 38.4 Å². The topological polar surface area (TPSA) is 85.3 Å². The molecule has 3 heterocycles. The van der Waals surface area contributed by atoms with Crippen LogP contribution in [0.15, 0.2) is 54.2 Å². The number of esters is 1. The van der Waals surface area contributed by atoms with Crippen molar-refractivity contribution in [3.05, 3.63) is 81.8 Å². The molecule has 1 amide bonds. The molecule has 0 fully saturated rings. The van der Waals surface area contributed by atoms with Gasteiger partial charge in [0, 0.05) is 23.3 Å². The average Bonchev–Trinajstić information content (AvgIpc) is 3.46. The highest BCUT2D eigenvalue weighted by Gasteiger charge is 2.25. The lowest BCUT2D eigenvalue weighted by atomic mass is 10.2. The van der Waals surface area contributed by atoms with Gasteiger partial charge in [-0.15, -0.1) is 11.3 Å². The largest absolute Gasteiger partial charge is 0.462 e. The fourth-order valence-corrected chi connectivity index (χ4v) is 4.97. The molecule has 0 aliphatic heterocycles. The summed E-state index contributed by atoms with van der Waals surface area (Å²) in [7, 11) is 0. The summed E-state index contributed by atoms with van der Waals surface area (Å²) in [5.41, 5.74) is 2.72. The lowest BCUT2D eigenvalue weighted by Crippen LogP contribution is -2.31. The summed E-state index contributed by atoms with van der Waals surface area (Å²) in [6.45, 7) is 3.85. The zero-order chi connectivity index (χ0) is 24.1. The number of amides is 1. The SMILES string of the molecule is CCOC(=O)c1sc(N(Cc2ccc(F)cc2)C(=O)Cc2csc(-c3cccnc3)n2)nc1C. The Kier molecular flexibility index (Phi) is 7.39. The van der Waals surface area contributed by atoms with Crippen molar-refractivity contribution in [3.63, 3.8) is 0 Å². The number of hydrogen-bond donors (Lipinski definition) is 0. The zero-order valence-electron chi connectivity index (χ0n) is 18.5. The number of hydrogen-bond acceptors (Lipinski definition) is 8. The van der Waals surface area contributed by atoms with Gasteiger partial charge in [-0.25, -0.2) is 19.2 Å². The van der Waals surface area contributed by atoms with Crippen molar-refractivity contribution in [1.29, 1.82) is 0 Å². The molecule has 0 bridgehead atoms. The Hall–Kier alpha value is -3.50. The minimum atomic E-state index is -0.474. The molecular formula is C24H21FN4O3S2. The molecule has 0 atom stereocenters. The second-order valence-corrected chi connectivity index (χ2v) is 9.14. The van der Waals surface area contributed by atoms with E-state index in [2.05, 4.69) is 15.0 Å². The first-order valence-corrected chi connectivity index (χ1v) is 12.2. The van der Waals surface area contributed by atoms with E-state index in [0.717, 1.165) is 27.5 Å². The normalized spacial score (nSPS) is 10.8. The molecule has 0 saturated carbocycles. The molecule has 34 heavy (non-hydrogen) atoms. The van der Waals surface area contributed by atoms with Crippen LogP contribution in [0.2, 0.25) is 0 Å². The van der Waals surface area contributed by atoms with E-state index in [9.17, 15) is 14.0 Å². The van der Waals surface area contributed by atoms with Crippen LogP contribution in [0.5, 0.6) is 0 Å². The third-order valence-corrected chi connectivity index (χ3v) is 6.93. The van der Waals surface area contributed by atoms with Crippen LogP contribution < -0.4 is 4.90 Å². The minimum Gasteiger partial charge on any atom is -0.462 e. The number of carbonyl (C=O) groups is 2. The van der Waals surface area contributed by atoms with Crippen molar-refractivity contribution in [2.75, 3.05) is 11.5 Å². The van der Waals surface area contributed by atoms with Crippen molar-refractivity contribution in [1.82, 2.24) is 15.0 Å². The van der Waals surface area contributed by atoms with E-state index < -0.39 is 5.97 Å². The fraction of sp³-hybridized carbons (Fsp3) is 0.208. The van der Waals surface area contributed by atoms with Crippen molar-refractivity contribution in [2.24, 2.45) is 0 Å². The molecule has 0 unspecified atom stereocenters. The van der Waals surface area contributed by atoms with Crippen molar-refractivity contribution in [3.8, 4) is 10.6 Å². The first kappa shape index (κ1) is 23.7. The predicted molar refractivity (Wildman–Crippen MR) is 129 cm³/mol. The van der Waals surface area contributed by atoms with Gasteiger partial charge < -0.3 is 4.74 Å². The number of aryl methyl sites for hydroxylation is 1. The van der Waals surface area contributed by atoms with Crippen LogP contribution in [-0.4, -0.2) is 33.4 Å². The maximum absolute atomic E-state index is 13.4. The molecule has 3 aromatic heterocycles. The Morgan fingerprint density at radius 2 is 1.94 bits per heavy atom. The number of anilines is 1. The third kappa shape index (κ3) is 5.52. The summed E-state index contributed by atoms with van der Waals surface area (Å²) in [6, 6.07) is 9.66. The van der Waals surface area contributed by atoms with Crippen LogP contribution >= 0.6 is 22.7 Å². The average molecular weight is 497 g/mol. The number of carbonyl (C=O) groups excluding carboxylic acids is 2. The van der Waals surface area contributed by atoms with Gasteiger partial charge in [0.15, 0.2) is 5.13 Å². The maximum Gasteiger partial charge on any atom is 0.350 e. The van der Waals surface area contributed by atoms with Crippen molar-refractivity contribution < 1.29 is 18.7 Å². The van der Waals surface area contributed by atoms with Gasteiger partial charge in [0.05, 0.1) is 31.0 Å². The predicted octanol–water partition coefficient (Wildman–Crippen LogP) is 5.06. The Bertz CT molecular complexity index is 1290. The van der Waals surface area contributed by atoms with Crippen LogP contribution in [-0.2, 0) is 22.5 Å². The summed E-state index contributed by atoms with van der Waals surface area (Å²) in [6.07, 6.45) is 3.46. The van der Waals surface area contributed by atoms with Gasteiger partial charge in [0.25, 0.3) is 0 Å². The number of pyridine rings is 1. The summed E-state index contributed by atoms with van der Waals surface area (Å²) >= 11 is 2.53. The lowest BCUT2D eigenvalue weighted by molar-refractivity contribution is -0.118. The van der Waals surface area contributed by atoms with E-state index in [1.165, 1.54) is 28.4 Å². The van der Waals surface area contributed by atoms with Gasteiger partial charge in [0.1, 0.15) is 15.7 Å². The number of rotatable bonds is 8. The first-order valence-electron chi connectivity index (χ1n) is 10.5. The summed E-state index contributed by atoms with van der Waals surface area (Å²) in [5, 5.41) is 2.99. The van der Waals surface area contributed by atoms with Gasteiger partial charge in [-0.3, -0.25) is 14.7 Å². The molecule has 0 aliphatic rings. The van der Waals surface area contributed by atoms with Gasteiger partial charge in [-0.05, 0) is 43.7 Å². The Balaban J connectivity index is 1.61. The highest BCUT2D eigenvalue weighted by Crippen LogP contribution is 2.29. The smallest absolute Gasteiger partial charge is 0.350 e. The second-order valence-electron chi connectivity index (χ2n) is 7.30. The number of nitrogens with zero attached hydrogens (tertiary/aromatic N) is 4. The Morgan fingerprint density at radius 3 is 2.65 bits per heavy atom. The molecule has 0 spiro atoms. The number of thiazole rings is 2. The number of benzene rings is 1. The summed E-state index contributed by atoms with van der Waals surface area (Å²) in [4.78, 5) is 40.7. The molecule has 0 aliphatic carbocycles. The van der Waals surface area contributed by atoms with E-state index in [0.29, 0.717) is 21.4 Å². The van der Waals surface area contributed by atoms with Crippen LogP contribution in [0.1, 0.15) is 33.5 Å². The van der Waals surface area contributed by atoms with Gasteiger partial charge in [0.2, 0.25) is 5.91 Å². The molecule has 4 rings (SSSR count). The fourth-order valence-electron chi connectivity index (χ4n) is 3.18. The zero-order valence-corrected chi connectivity index (χ0v) is 20.2. The summed E-state index contributed by atoms with van der Waals surface area (Å²) in [5.74, 6) is -1.07.